The van der Waals surface area contributed by atoms with Gasteiger partial charge in [0.05, 0.1) is 34.4 Å². The molecule has 0 amide bonds. The largest absolute Gasteiger partial charge is 0.472 e. The van der Waals surface area contributed by atoms with Crippen molar-refractivity contribution in [3.63, 3.8) is 0 Å². The fraction of sp³-hybridized carbons (Fsp3) is 0.970. The highest BCUT2D eigenvalue weighted by molar-refractivity contribution is 7.47. The lowest BCUT2D eigenvalue weighted by Gasteiger charge is -2.24. The minimum Gasteiger partial charge on any atom is -0.457 e. The molecule has 2 unspecified atom stereocenters. The van der Waals surface area contributed by atoms with E-state index in [1.165, 1.54) is 96.3 Å². The number of carbonyl (C=O) groups excluding carboxylic acids is 1. The van der Waals surface area contributed by atoms with Crippen molar-refractivity contribution in [3.8, 4) is 0 Å². The predicted octanol–water partition coefficient (Wildman–Crippen LogP) is 8.99. The van der Waals surface area contributed by atoms with E-state index in [9.17, 15) is 14.3 Å². The van der Waals surface area contributed by atoms with Crippen LogP contribution in [0.2, 0.25) is 0 Å². The van der Waals surface area contributed by atoms with Gasteiger partial charge in [0, 0.05) is 13.0 Å². The lowest BCUT2D eigenvalue weighted by Crippen LogP contribution is -2.37. The number of rotatable bonds is 32. The van der Waals surface area contributed by atoms with Gasteiger partial charge in [-0.1, -0.05) is 129 Å². The van der Waals surface area contributed by atoms with Gasteiger partial charge in [0.2, 0.25) is 0 Å². The first-order valence-electron chi connectivity index (χ1n) is 17.3. The smallest absolute Gasteiger partial charge is 0.457 e. The quantitative estimate of drug-likeness (QED) is 0.0346. The van der Waals surface area contributed by atoms with E-state index >= 15 is 0 Å². The zero-order valence-electron chi connectivity index (χ0n) is 28.3. The van der Waals surface area contributed by atoms with Gasteiger partial charge in [-0.15, -0.1) is 0 Å². The zero-order valence-corrected chi connectivity index (χ0v) is 29.1. The summed E-state index contributed by atoms with van der Waals surface area (Å²) in [6, 6.07) is 0. The topological polar surface area (TPSA) is 91.3 Å². The third-order valence-electron chi connectivity index (χ3n) is 7.42. The van der Waals surface area contributed by atoms with Crippen LogP contribution in [0.15, 0.2) is 0 Å². The van der Waals surface area contributed by atoms with E-state index in [4.69, 9.17) is 18.5 Å². The first kappa shape index (κ1) is 41.5. The normalized spacial score (nSPS) is 14.1. The summed E-state index contributed by atoms with van der Waals surface area (Å²) in [5, 5.41) is 0. The van der Waals surface area contributed by atoms with Crippen LogP contribution >= 0.6 is 7.82 Å². The molecule has 9 heteroatoms. The van der Waals surface area contributed by atoms with Crippen LogP contribution in [0.4, 0.5) is 0 Å². The summed E-state index contributed by atoms with van der Waals surface area (Å²) in [6.07, 6.45) is 24.1. The number of nitrogens with zero attached hydrogens (tertiary/aromatic N) is 1. The Bertz CT molecular complexity index is 657. The number of phosphoric ester groups is 1. The van der Waals surface area contributed by atoms with E-state index in [1.807, 2.05) is 21.1 Å². The van der Waals surface area contributed by atoms with Crippen molar-refractivity contribution in [2.45, 2.75) is 155 Å². The molecule has 0 aromatic carbocycles. The zero-order chi connectivity index (χ0) is 31.4. The van der Waals surface area contributed by atoms with Gasteiger partial charge in [0.25, 0.3) is 0 Å². The lowest BCUT2D eigenvalue weighted by atomic mass is 10.1. The maximum absolute atomic E-state index is 12.5. The molecule has 42 heavy (non-hydrogen) atoms. The molecular formula is C33H69NO7P+. The molecule has 0 saturated heterocycles. The monoisotopic (exact) mass is 622 g/mol. The standard InChI is InChI=1S/C33H68NO7P/c1-6-8-10-12-14-16-17-18-20-22-24-26-33(35)41-32(31-40-42(36,37)39-29-27-34(3,4)5)30-38-28-25-23-21-19-15-13-11-9-7-2/h32H,6-31H2,1-5H3/p+1. The molecule has 0 aromatic rings. The third kappa shape index (κ3) is 30.9. The highest BCUT2D eigenvalue weighted by Crippen LogP contribution is 2.43. The number of hydrogen-bond donors (Lipinski definition) is 1. The van der Waals surface area contributed by atoms with Crippen LogP contribution in [0.5, 0.6) is 0 Å². The average Bonchev–Trinajstić information content (AvgIpc) is 2.92. The van der Waals surface area contributed by atoms with Gasteiger partial charge in [-0.25, -0.2) is 4.57 Å². The first-order chi connectivity index (χ1) is 20.1. The van der Waals surface area contributed by atoms with E-state index in [2.05, 4.69) is 13.8 Å². The van der Waals surface area contributed by atoms with Crippen molar-refractivity contribution in [3.05, 3.63) is 0 Å². The van der Waals surface area contributed by atoms with Gasteiger partial charge >= 0.3 is 13.8 Å². The van der Waals surface area contributed by atoms with Crippen LogP contribution in [0.3, 0.4) is 0 Å². The maximum atomic E-state index is 12.5. The molecule has 0 aromatic heterocycles. The Kier molecular flexibility index (Phi) is 27.7. The lowest BCUT2D eigenvalue weighted by molar-refractivity contribution is -0.870. The van der Waals surface area contributed by atoms with Gasteiger partial charge in [-0.2, -0.15) is 0 Å². The first-order valence-corrected chi connectivity index (χ1v) is 18.8. The number of quaternary nitrogens is 1. The summed E-state index contributed by atoms with van der Waals surface area (Å²) in [7, 11) is 1.68. The molecule has 0 heterocycles. The van der Waals surface area contributed by atoms with Crippen LogP contribution in [0, 0.1) is 0 Å². The second-order valence-corrected chi connectivity index (χ2v) is 14.4. The van der Waals surface area contributed by atoms with Crippen LogP contribution in [0.1, 0.15) is 149 Å². The summed E-state index contributed by atoms with van der Waals surface area (Å²) >= 11 is 0. The highest BCUT2D eigenvalue weighted by atomic mass is 31.2. The number of unbranched alkanes of at least 4 members (excludes halogenated alkanes) is 18. The van der Waals surface area contributed by atoms with E-state index in [0.717, 1.165) is 32.1 Å². The number of ether oxygens (including phenoxy) is 2. The molecule has 2 atom stereocenters. The molecule has 0 rings (SSSR count). The van der Waals surface area contributed by atoms with Crippen molar-refractivity contribution in [2.24, 2.45) is 0 Å². The Morgan fingerprint density at radius 1 is 0.643 bits per heavy atom. The van der Waals surface area contributed by atoms with Gasteiger partial charge < -0.3 is 18.9 Å². The molecule has 0 radical (unpaired) electrons. The van der Waals surface area contributed by atoms with Crippen LogP contribution < -0.4 is 0 Å². The third-order valence-corrected chi connectivity index (χ3v) is 8.40. The number of esters is 1. The van der Waals surface area contributed by atoms with Crippen molar-refractivity contribution in [2.75, 3.05) is 54.1 Å². The second-order valence-electron chi connectivity index (χ2n) is 12.9. The maximum Gasteiger partial charge on any atom is 0.472 e. The molecule has 0 spiro atoms. The molecule has 0 saturated carbocycles. The molecule has 0 aliphatic heterocycles. The molecule has 0 fully saturated rings. The Hall–Kier alpha value is -0.500. The molecular weight excluding hydrogens is 553 g/mol. The van der Waals surface area contributed by atoms with Gasteiger partial charge in [-0.05, 0) is 12.8 Å². The Morgan fingerprint density at radius 2 is 1.10 bits per heavy atom. The minimum atomic E-state index is -4.25. The van der Waals surface area contributed by atoms with Gasteiger partial charge in [0.1, 0.15) is 19.3 Å². The Labute approximate surface area is 259 Å². The summed E-state index contributed by atoms with van der Waals surface area (Å²) in [5.41, 5.74) is 0. The molecule has 0 bridgehead atoms. The molecule has 8 nitrogen and oxygen atoms in total. The molecule has 0 aliphatic carbocycles. The number of likely N-dealkylation sites (N-methyl/N-ethyl adjacent to an activating group) is 1. The molecule has 252 valence electrons. The van der Waals surface area contributed by atoms with Crippen LogP contribution in [0.25, 0.3) is 0 Å². The molecule has 1 N–H and O–H groups in total. The van der Waals surface area contributed by atoms with Gasteiger partial charge in [-0.3, -0.25) is 13.8 Å². The van der Waals surface area contributed by atoms with Gasteiger partial charge in [0.15, 0.2) is 0 Å². The highest BCUT2D eigenvalue weighted by Gasteiger charge is 2.26. The van der Waals surface area contributed by atoms with Crippen LogP contribution in [-0.4, -0.2) is 75.6 Å². The van der Waals surface area contributed by atoms with E-state index in [0.29, 0.717) is 24.1 Å². The van der Waals surface area contributed by atoms with Crippen molar-refractivity contribution in [1.82, 2.24) is 0 Å². The minimum absolute atomic E-state index is 0.0929. The fourth-order valence-electron chi connectivity index (χ4n) is 4.67. The van der Waals surface area contributed by atoms with Crippen molar-refractivity contribution >= 4 is 13.8 Å². The predicted molar refractivity (Wildman–Crippen MR) is 174 cm³/mol. The van der Waals surface area contributed by atoms with Crippen molar-refractivity contribution < 1.29 is 37.3 Å². The van der Waals surface area contributed by atoms with Crippen molar-refractivity contribution in [1.29, 1.82) is 0 Å². The number of carbonyl (C=O) groups is 1. The SMILES string of the molecule is CCCCCCCCCCCCCC(=O)OC(COCCCCCCCCCCC)COP(=O)(O)OCC[N+](C)(C)C. The average molecular weight is 623 g/mol. The summed E-state index contributed by atoms with van der Waals surface area (Å²) in [5.74, 6) is -0.315. The summed E-state index contributed by atoms with van der Waals surface area (Å²) < 4.78 is 34.7. The second kappa shape index (κ2) is 28.0. The molecule has 0 aliphatic rings. The summed E-state index contributed by atoms with van der Waals surface area (Å²) in [6.45, 7) is 5.61. The Morgan fingerprint density at radius 3 is 1.57 bits per heavy atom. The number of phosphoric acid groups is 1. The Balaban J connectivity index is 4.33. The van der Waals surface area contributed by atoms with Crippen LogP contribution in [-0.2, 0) is 27.9 Å². The number of hydrogen-bond acceptors (Lipinski definition) is 6. The summed E-state index contributed by atoms with van der Waals surface area (Å²) in [4.78, 5) is 22.6. The van der Waals surface area contributed by atoms with E-state index in [-0.39, 0.29) is 25.8 Å². The van der Waals surface area contributed by atoms with E-state index < -0.39 is 13.9 Å². The van der Waals surface area contributed by atoms with E-state index in [1.54, 1.807) is 0 Å². The fourth-order valence-corrected chi connectivity index (χ4v) is 5.41.